The van der Waals surface area contributed by atoms with E-state index in [4.69, 9.17) is 13.8 Å². The van der Waals surface area contributed by atoms with Crippen molar-refractivity contribution in [2.45, 2.75) is 19.8 Å². The lowest BCUT2D eigenvalue weighted by molar-refractivity contribution is 0.0550. The Bertz CT molecular complexity index is 826. The Labute approximate surface area is 152 Å². The summed E-state index contributed by atoms with van der Waals surface area (Å²) in [6.07, 6.45) is 1.48. The largest absolute Gasteiger partial charge is 0.458 e. The van der Waals surface area contributed by atoms with Crippen LogP contribution < -0.4 is 0 Å². The van der Waals surface area contributed by atoms with Crippen molar-refractivity contribution >= 4 is 24.3 Å². The summed E-state index contributed by atoms with van der Waals surface area (Å²) in [5.41, 5.74) is 0.504. The maximum Gasteiger partial charge on any atom is 0.369 e. The van der Waals surface area contributed by atoms with Crippen LogP contribution in [0.1, 0.15) is 35.7 Å². The molecule has 2 rings (SSSR count). The maximum atomic E-state index is 14.9. The zero-order valence-corrected chi connectivity index (χ0v) is 15.7. The molecule has 26 heavy (non-hydrogen) atoms. The number of esters is 1. The molecule has 0 saturated heterocycles. The standard InChI is InChI=1S/C19H22FO5P/c1-4-11-23-19(21)16-10-8-14-7-9-15(12-17(14)13-16)18(20)26(22,24-5-2)25-6-3/h4,7-10,12-13,18H,1,5-6,11H2,2-3H3/t18-/m1/s1. The van der Waals surface area contributed by atoms with Gasteiger partial charge >= 0.3 is 13.6 Å². The summed E-state index contributed by atoms with van der Waals surface area (Å²) in [5.74, 6) is -2.41. The average Bonchev–Trinajstić information content (AvgIpc) is 2.65. The third kappa shape index (κ3) is 4.58. The molecular weight excluding hydrogens is 358 g/mol. The summed E-state index contributed by atoms with van der Waals surface area (Å²) >= 11 is 0. The van der Waals surface area contributed by atoms with Gasteiger partial charge in [0, 0.05) is 0 Å². The third-order valence-electron chi connectivity index (χ3n) is 3.60. The van der Waals surface area contributed by atoms with Crippen LogP contribution in [0.4, 0.5) is 4.39 Å². The van der Waals surface area contributed by atoms with E-state index in [1.54, 1.807) is 38.1 Å². The minimum atomic E-state index is -3.93. The molecule has 0 aliphatic rings. The summed E-state index contributed by atoms with van der Waals surface area (Å²) in [6.45, 7) is 7.00. The van der Waals surface area contributed by atoms with Gasteiger partial charge in [-0.05, 0) is 48.4 Å². The molecule has 0 spiro atoms. The number of hydrogen-bond acceptors (Lipinski definition) is 5. The van der Waals surface area contributed by atoms with Crippen molar-refractivity contribution < 1.29 is 27.5 Å². The average molecular weight is 380 g/mol. The van der Waals surface area contributed by atoms with E-state index < -0.39 is 19.5 Å². The number of carbonyl (C=O) groups is 1. The van der Waals surface area contributed by atoms with Crippen LogP contribution in [0.2, 0.25) is 0 Å². The third-order valence-corrected chi connectivity index (χ3v) is 5.69. The summed E-state index contributed by atoms with van der Waals surface area (Å²) < 4.78 is 42.7. The van der Waals surface area contributed by atoms with Crippen LogP contribution in [0.15, 0.2) is 49.1 Å². The van der Waals surface area contributed by atoms with Crippen LogP contribution in [-0.4, -0.2) is 25.8 Å². The molecule has 0 aliphatic heterocycles. The first-order chi connectivity index (χ1) is 12.4. The topological polar surface area (TPSA) is 61.8 Å². The van der Waals surface area contributed by atoms with Crippen LogP contribution >= 0.6 is 7.60 Å². The Hall–Kier alpha value is -2.01. The Morgan fingerprint density at radius 2 is 1.81 bits per heavy atom. The minimum Gasteiger partial charge on any atom is -0.458 e. The molecule has 0 bridgehead atoms. The van der Waals surface area contributed by atoms with E-state index in [1.807, 2.05) is 0 Å². The zero-order valence-electron chi connectivity index (χ0n) is 14.8. The lowest BCUT2D eigenvalue weighted by atomic mass is 10.0. The van der Waals surface area contributed by atoms with Gasteiger partial charge in [-0.25, -0.2) is 9.18 Å². The van der Waals surface area contributed by atoms with Crippen molar-refractivity contribution in [3.63, 3.8) is 0 Å². The van der Waals surface area contributed by atoms with Gasteiger partial charge in [0.05, 0.1) is 18.8 Å². The molecule has 1 atom stereocenters. The van der Waals surface area contributed by atoms with Crippen molar-refractivity contribution in [1.82, 2.24) is 0 Å². The van der Waals surface area contributed by atoms with Crippen molar-refractivity contribution in [2.75, 3.05) is 19.8 Å². The molecule has 2 aromatic rings. The van der Waals surface area contributed by atoms with E-state index >= 15 is 0 Å². The molecule has 0 aliphatic carbocycles. The smallest absolute Gasteiger partial charge is 0.369 e. The first-order valence-electron chi connectivity index (χ1n) is 8.29. The Morgan fingerprint density at radius 3 is 2.42 bits per heavy atom. The maximum absolute atomic E-state index is 14.9. The highest BCUT2D eigenvalue weighted by atomic mass is 31.2. The van der Waals surface area contributed by atoms with Crippen LogP contribution in [-0.2, 0) is 18.3 Å². The molecule has 0 saturated carbocycles. The highest BCUT2D eigenvalue weighted by Crippen LogP contribution is 2.61. The van der Waals surface area contributed by atoms with Gasteiger partial charge < -0.3 is 13.8 Å². The summed E-state index contributed by atoms with van der Waals surface area (Å²) in [7, 11) is -3.93. The second kappa shape index (κ2) is 9.08. The normalized spacial score (nSPS) is 12.7. The molecule has 5 nitrogen and oxygen atoms in total. The molecule has 0 unspecified atom stereocenters. The molecule has 0 heterocycles. The summed E-state index contributed by atoms with van der Waals surface area (Å²) in [5, 5.41) is 1.43. The molecule has 0 amide bonds. The predicted molar refractivity (Wildman–Crippen MR) is 99.1 cm³/mol. The molecule has 0 N–H and O–H groups in total. The van der Waals surface area contributed by atoms with Crippen LogP contribution in [0, 0.1) is 0 Å². The quantitative estimate of drug-likeness (QED) is 0.330. The summed E-state index contributed by atoms with van der Waals surface area (Å²) in [6, 6.07) is 9.73. The Kier molecular flexibility index (Phi) is 7.09. The molecule has 0 fully saturated rings. The van der Waals surface area contributed by atoms with E-state index in [2.05, 4.69) is 6.58 Å². The number of hydrogen-bond donors (Lipinski definition) is 0. The van der Waals surface area contributed by atoms with E-state index in [0.717, 1.165) is 5.39 Å². The second-order valence-electron chi connectivity index (χ2n) is 5.42. The van der Waals surface area contributed by atoms with Gasteiger partial charge in [0.25, 0.3) is 0 Å². The highest BCUT2D eigenvalue weighted by molar-refractivity contribution is 7.54. The van der Waals surface area contributed by atoms with E-state index in [-0.39, 0.29) is 25.4 Å². The molecule has 7 heteroatoms. The van der Waals surface area contributed by atoms with Crippen molar-refractivity contribution in [2.24, 2.45) is 0 Å². The lowest BCUT2D eigenvalue weighted by Gasteiger charge is -2.21. The number of fused-ring (bicyclic) bond motifs is 1. The van der Waals surface area contributed by atoms with Gasteiger partial charge in [0.2, 0.25) is 5.91 Å². The number of alkyl halides is 1. The molecule has 140 valence electrons. The number of ether oxygens (including phenoxy) is 1. The predicted octanol–water partition coefficient (Wildman–Crippen LogP) is 5.42. The van der Waals surface area contributed by atoms with E-state index in [9.17, 15) is 13.8 Å². The SMILES string of the molecule is C=CCOC(=O)c1ccc2ccc([C@H](F)P(=O)(OCC)OCC)cc2c1. The van der Waals surface area contributed by atoms with Crippen LogP contribution in [0.25, 0.3) is 10.8 Å². The molecule has 2 aromatic carbocycles. The van der Waals surface area contributed by atoms with Gasteiger partial charge in [0.1, 0.15) is 6.61 Å². The monoisotopic (exact) mass is 380 g/mol. The van der Waals surface area contributed by atoms with Crippen molar-refractivity contribution in [3.05, 3.63) is 60.2 Å². The van der Waals surface area contributed by atoms with Crippen molar-refractivity contribution in [3.8, 4) is 0 Å². The fraction of sp³-hybridized carbons (Fsp3) is 0.316. The summed E-state index contributed by atoms with van der Waals surface area (Å²) in [4.78, 5) is 12.0. The van der Waals surface area contributed by atoms with Gasteiger partial charge in [-0.3, -0.25) is 4.57 Å². The minimum absolute atomic E-state index is 0.0740. The molecular formula is C19H22FO5P. The fourth-order valence-electron chi connectivity index (χ4n) is 2.47. The number of rotatable bonds is 9. The molecule has 0 radical (unpaired) electrons. The molecule has 0 aromatic heterocycles. The van der Waals surface area contributed by atoms with E-state index in [0.29, 0.717) is 10.9 Å². The lowest BCUT2D eigenvalue weighted by Crippen LogP contribution is -2.05. The fourth-order valence-corrected chi connectivity index (χ4v) is 4.05. The van der Waals surface area contributed by atoms with Gasteiger partial charge in [-0.15, -0.1) is 0 Å². The van der Waals surface area contributed by atoms with Crippen LogP contribution in [0.5, 0.6) is 0 Å². The Balaban J connectivity index is 2.38. The number of benzene rings is 2. The van der Waals surface area contributed by atoms with Crippen LogP contribution in [0.3, 0.4) is 0 Å². The van der Waals surface area contributed by atoms with Gasteiger partial charge in [-0.1, -0.05) is 30.9 Å². The first kappa shape index (κ1) is 20.3. The van der Waals surface area contributed by atoms with Gasteiger partial charge in [-0.2, -0.15) is 0 Å². The highest BCUT2D eigenvalue weighted by Gasteiger charge is 2.37. The second-order valence-corrected chi connectivity index (χ2v) is 7.47. The number of halogens is 1. The van der Waals surface area contributed by atoms with Gasteiger partial charge in [0.15, 0.2) is 0 Å². The number of carbonyl (C=O) groups excluding carboxylic acids is 1. The van der Waals surface area contributed by atoms with E-state index in [1.165, 1.54) is 18.2 Å². The first-order valence-corrected chi connectivity index (χ1v) is 9.91. The Morgan fingerprint density at radius 1 is 1.15 bits per heavy atom. The zero-order chi connectivity index (χ0) is 19.2. The van der Waals surface area contributed by atoms with Crippen molar-refractivity contribution in [1.29, 1.82) is 0 Å².